The molecule has 0 bridgehead atoms. The van der Waals surface area contributed by atoms with Gasteiger partial charge in [0, 0.05) is 23.7 Å². The van der Waals surface area contributed by atoms with E-state index in [0.717, 1.165) is 51.8 Å². The molecule has 2 aromatic heterocycles. The number of aliphatic carboxylic acids is 1. The molecule has 0 aliphatic carbocycles. The zero-order chi connectivity index (χ0) is 29.8. The number of alkyl halides is 6. The normalized spacial score (nSPS) is 11.8. The predicted octanol–water partition coefficient (Wildman–Crippen LogP) is 7.48. The Labute approximate surface area is 233 Å². The number of thiophene rings is 1. The lowest BCUT2D eigenvalue weighted by molar-refractivity contribution is -0.192. The summed E-state index contributed by atoms with van der Waals surface area (Å²) in [5.74, 6) is -2.19. The SMILES string of the molecule is Nc1cccc(CNCc2ccc(-c3ccc(-c4nc5ccc(C(F)(F)F)cc5[nH]4)s3)cc2)c1.O=C(O)C(F)(F)F. The van der Waals surface area contributed by atoms with Crippen LogP contribution in [0.25, 0.3) is 32.2 Å². The van der Waals surface area contributed by atoms with E-state index in [-0.39, 0.29) is 0 Å². The summed E-state index contributed by atoms with van der Waals surface area (Å²) < 4.78 is 70.7. The second-order valence-corrected chi connectivity index (χ2v) is 9.91. The number of halogens is 6. The van der Waals surface area contributed by atoms with Gasteiger partial charge in [-0.3, -0.25) is 0 Å². The smallest absolute Gasteiger partial charge is 0.475 e. The fourth-order valence-electron chi connectivity index (χ4n) is 3.76. The van der Waals surface area contributed by atoms with Crippen LogP contribution in [0.2, 0.25) is 0 Å². The standard InChI is InChI=1S/C26H21F3N4S.C2HF3O2/c27-26(28,29)19-8-9-21-22(13-19)33-25(32-21)24-11-10-23(34-24)18-6-4-16(5-7-18)14-31-15-17-2-1-3-20(30)12-17;3-2(4,5)1(6)7/h1-13,31H,14-15,30H2,(H,32,33);(H,6,7). The monoisotopic (exact) mass is 592 g/mol. The number of anilines is 1. The summed E-state index contributed by atoms with van der Waals surface area (Å²) in [6.07, 6.45) is -9.47. The van der Waals surface area contributed by atoms with Gasteiger partial charge in [-0.05, 0) is 59.2 Å². The summed E-state index contributed by atoms with van der Waals surface area (Å²) in [7, 11) is 0. The second kappa shape index (κ2) is 12.0. The van der Waals surface area contributed by atoms with Crippen molar-refractivity contribution in [3.63, 3.8) is 0 Å². The third-order valence-corrected chi connectivity index (χ3v) is 6.88. The van der Waals surface area contributed by atoms with Gasteiger partial charge in [0.2, 0.25) is 0 Å². The first-order chi connectivity index (χ1) is 19.3. The molecule has 214 valence electrons. The van der Waals surface area contributed by atoms with Crippen molar-refractivity contribution >= 4 is 34.0 Å². The highest BCUT2D eigenvalue weighted by Gasteiger charge is 2.38. The number of benzene rings is 3. The summed E-state index contributed by atoms with van der Waals surface area (Å²) in [5.41, 5.74) is 10.1. The molecule has 0 fully saturated rings. The summed E-state index contributed by atoms with van der Waals surface area (Å²) in [4.78, 5) is 18.3. The maximum atomic E-state index is 13.0. The Balaban J connectivity index is 0.000000493. The van der Waals surface area contributed by atoms with Crippen LogP contribution >= 0.6 is 11.3 Å². The van der Waals surface area contributed by atoms with Crippen LogP contribution in [-0.4, -0.2) is 27.2 Å². The average molecular weight is 593 g/mol. The van der Waals surface area contributed by atoms with Gasteiger partial charge in [0.1, 0.15) is 5.82 Å². The zero-order valence-electron chi connectivity index (χ0n) is 21.0. The Morgan fingerprint density at radius 3 is 2.17 bits per heavy atom. The van der Waals surface area contributed by atoms with Crippen LogP contribution in [0, 0.1) is 0 Å². The highest BCUT2D eigenvalue weighted by molar-refractivity contribution is 7.18. The van der Waals surface area contributed by atoms with E-state index < -0.39 is 23.9 Å². The molecule has 0 unspecified atom stereocenters. The molecule has 0 spiro atoms. The van der Waals surface area contributed by atoms with Crippen molar-refractivity contribution in [2.24, 2.45) is 0 Å². The molecule has 41 heavy (non-hydrogen) atoms. The van der Waals surface area contributed by atoms with Gasteiger partial charge in [0.25, 0.3) is 0 Å². The van der Waals surface area contributed by atoms with Crippen molar-refractivity contribution in [1.29, 1.82) is 0 Å². The fraction of sp³-hybridized carbons (Fsp3) is 0.143. The zero-order valence-corrected chi connectivity index (χ0v) is 21.8. The minimum Gasteiger partial charge on any atom is -0.475 e. The molecule has 0 amide bonds. The number of hydrogen-bond acceptors (Lipinski definition) is 5. The number of fused-ring (bicyclic) bond motifs is 1. The van der Waals surface area contributed by atoms with Crippen LogP contribution < -0.4 is 11.1 Å². The van der Waals surface area contributed by atoms with Gasteiger partial charge in [0.15, 0.2) is 0 Å². The van der Waals surface area contributed by atoms with Crippen molar-refractivity contribution in [2.45, 2.75) is 25.4 Å². The number of nitrogens with zero attached hydrogens (tertiary/aromatic N) is 1. The van der Waals surface area contributed by atoms with Gasteiger partial charge in [-0.2, -0.15) is 26.3 Å². The van der Waals surface area contributed by atoms with Crippen LogP contribution in [0.5, 0.6) is 0 Å². The van der Waals surface area contributed by atoms with E-state index in [0.29, 0.717) is 16.9 Å². The van der Waals surface area contributed by atoms with Gasteiger partial charge < -0.3 is 21.1 Å². The first kappa shape index (κ1) is 29.6. The molecule has 3 aromatic carbocycles. The highest BCUT2D eigenvalue weighted by atomic mass is 32.1. The third-order valence-electron chi connectivity index (χ3n) is 5.74. The lowest BCUT2D eigenvalue weighted by Gasteiger charge is -2.07. The Morgan fingerprint density at radius 1 is 0.878 bits per heavy atom. The van der Waals surface area contributed by atoms with Gasteiger partial charge in [-0.1, -0.05) is 36.4 Å². The molecule has 5 aromatic rings. The molecular formula is C28H22F6N4O2S. The van der Waals surface area contributed by atoms with E-state index in [1.807, 2.05) is 36.4 Å². The van der Waals surface area contributed by atoms with E-state index in [9.17, 15) is 26.3 Å². The first-order valence-corrected chi connectivity index (χ1v) is 12.7. The molecule has 6 nitrogen and oxygen atoms in total. The van der Waals surface area contributed by atoms with Crippen molar-refractivity contribution in [3.05, 3.63) is 95.6 Å². The molecule has 0 aliphatic rings. The molecule has 5 N–H and O–H groups in total. The number of aromatic nitrogens is 2. The maximum Gasteiger partial charge on any atom is 0.490 e. The molecule has 0 atom stereocenters. The number of imidazole rings is 1. The van der Waals surface area contributed by atoms with Gasteiger partial charge in [-0.15, -0.1) is 11.3 Å². The number of carboxylic acids is 1. The van der Waals surface area contributed by atoms with E-state index in [4.69, 9.17) is 15.6 Å². The largest absolute Gasteiger partial charge is 0.490 e. The number of nitrogens with one attached hydrogen (secondary N) is 2. The molecule has 2 heterocycles. The van der Waals surface area contributed by atoms with Gasteiger partial charge >= 0.3 is 18.3 Å². The summed E-state index contributed by atoms with van der Waals surface area (Å²) >= 11 is 1.54. The van der Waals surface area contributed by atoms with Crippen LogP contribution in [0.15, 0.2) is 78.9 Å². The lowest BCUT2D eigenvalue weighted by atomic mass is 10.1. The summed E-state index contributed by atoms with van der Waals surface area (Å²) in [6, 6.07) is 23.6. The number of carbonyl (C=O) groups is 1. The quantitative estimate of drug-likeness (QED) is 0.121. The Bertz CT molecular complexity index is 1640. The lowest BCUT2D eigenvalue weighted by Crippen LogP contribution is -2.21. The second-order valence-electron chi connectivity index (χ2n) is 8.83. The number of carboxylic acid groups (broad SMARTS) is 1. The van der Waals surface area contributed by atoms with E-state index >= 15 is 0 Å². The van der Waals surface area contributed by atoms with Crippen LogP contribution in [0.1, 0.15) is 16.7 Å². The topological polar surface area (TPSA) is 104 Å². The fourth-order valence-corrected chi connectivity index (χ4v) is 4.72. The first-order valence-electron chi connectivity index (χ1n) is 11.9. The van der Waals surface area contributed by atoms with Gasteiger partial charge in [-0.25, -0.2) is 9.78 Å². The minimum absolute atomic E-state index is 0.370. The Morgan fingerprint density at radius 2 is 1.54 bits per heavy atom. The number of rotatable bonds is 6. The van der Waals surface area contributed by atoms with Crippen molar-refractivity contribution in [3.8, 4) is 21.1 Å². The molecule has 0 radical (unpaired) electrons. The van der Waals surface area contributed by atoms with E-state index in [1.54, 1.807) is 11.3 Å². The molecule has 13 heteroatoms. The van der Waals surface area contributed by atoms with Crippen molar-refractivity contribution in [1.82, 2.24) is 15.3 Å². The van der Waals surface area contributed by atoms with Crippen molar-refractivity contribution < 1.29 is 36.2 Å². The van der Waals surface area contributed by atoms with Crippen LogP contribution in [0.4, 0.5) is 32.0 Å². The Kier molecular flexibility index (Phi) is 8.69. The third kappa shape index (κ3) is 7.86. The predicted molar refractivity (Wildman–Crippen MR) is 145 cm³/mol. The number of aromatic amines is 1. The molecule has 0 aliphatic heterocycles. The molecule has 0 saturated carbocycles. The van der Waals surface area contributed by atoms with Crippen LogP contribution in [0.3, 0.4) is 0 Å². The van der Waals surface area contributed by atoms with E-state index in [1.165, 1.54) is 11.6 Å². The Hall–Kier alpha value is -4.36. The number of hydrogen-bond donors (Lipinski definition) is 4. The maximum absolute atomic E-state index is 13.0. The number of nitrogen functional groups attached to an aromatic ring is 1. The minimum atomic E-state index is -5.08. The number of H-pyrrole nitrogens is 1. The molecule has 5 rings (SSSR count). The summed E-state index contributed by atoms with van der Waals surface area (Å²) in [5, 5.41) is 10.5. The average Bonchev–Trinajstić information content (AvgIpc) is 3.56. The molecule has 0 saturated heterocycles. The van der Waals surface area contributed by atoms with Crippen molar-refractivity contribution in [2.75, 3.05) is 5.73 Å². The van der Waals surface area contributed by atoms with E-state index in [2.05, 4.69) is 39.6 Å². The molecular weight excluding hydrogens is 570 g/mol. The highest BCUT2D eigenvalue weighted by Crippen LogP contribution is 2.35. The van der Waals surface area contributed by atoms with Crippen LogP contribution in [-0.2, 0) is 24.1 Å². The van der Waals surface area contributed by atoms with Gasteiger partial charge in [0.05, 0.1) is 21.5 Å². The summed E-state index contributed by atoms with van der Waals surface area (Å²) in [6.45, 7) is 1.48. The number of nitrogens with two attached hydrogens (primary N) is 1.